The predicted octanol–water partition coefficient (Wildman–Crippen LogP) is 5.48. The van der Waals surface area contributed by atoms with Crippen molar-refractivity contribution in [3.8, 4) is 17.2 Å². The van der Waals surface area contributed by atoms with Crippen LogP contribution in [0.2, 0.25) is 0 Å². The summed E-state index contributed by atoms with van der Waals surface area (Å²) in [5, 5.41) is 2.99. The highest BCUT2D eigenvalue weighted by Gasteiger charge is 2.25. The van der Waals surface area contributed by atoms with Crippen LogP contribution in [0.15, 0.2) is 72.8 Å². The van der Waals surface area contributed by atoms with Crippen LogP contribution < -0.4 is 14.8 Å². The fourth-order valence-corrected chi connectivity index (χ4v) is 3.85. The Hall–Kier alpha value is -3.38. The largest absolute Gasteiger partial charge is 0.497 e. The van der Waals surface area contributed by atoms with E-state index in [-0.39, 0.29) is 17.6 Å². The molecule has 5 nitrogen and oxygen atoms in total. The minimum atomic E-state index is -0.414. The highest BCUT2D eigenvalue weighted by atomic mass is 19.1. The summed E-state index contributed by atoms with van der Waals surface area (Å²) in [5.41, 5.74) is 1.95. The van der Waals surface area contributed by atoms with Gasteiger partial charge in [0.2, 0.25) is 5.91 Å². The number of hydrogen-bond donors (Lipinski definition) is 1. The standard InChI is InChI=1S/C26H27FN2O3/c1-31-22-10-6-19(7-11-22)18-29-16-14-20(15-17-29)26(30)28-21-8-12-23(13-9-21)32-25-5-3-2-4-24(25)27/h2-13,20H,14-18H2,1H3,(H,28,30). The van der Waals surface area contributed by atoms with Crippen LogP contribution in [0.1, 0.15) is 18.4 Å². The monoisotopic (exact) mass is 434 g/mol. The Balaban J connectivity index is 1.25. The third-order valence-electron chi connectivity index (χ3n) is 5.71. The van der Waals surface area contributed by atoms with Gasteiger partial charge in [0, 0.05) is 18.2 Å². The Labute approximate surface area is 187 Å². The van der Waals surface area contributed by atoms with Gasteiger partial charge < -0.3 is 14.8 Å². The smallest absolute Gasteiger partial charge is 0.227 e. The molecule has 1 N–H and O–H groups in total. The molecule has 1 saturated heterocycles. The molecule has 0 aliphatic carbocycles. The van der Waals surface area contributed by atoms with Crippen molar-refractivity contribution in [1.82, 2.24) is 4.90 Å². The van der Waals surface area contributed by atoms with Gasteiger partial charge in [-0.3, -0.25) is 9.69 Å². The molecule has 0 spiro atoms. The van der Waals surface area contributed by atoms with Crippen LogP contribution in [0, 0.1) is 11.7 Å². The lowest BCUT2D eigenvalue weighted by atomic mass is 9.95. The van der Waals surface area contributed by atoms with Crippen LogP contribution >= 0.6 is 0 Å². The number of halogens is 1. The van der Waals surface area contributed by atoms with Gasteiger partial charge in [-0.1, -0.05) is 24.3 Å². The van der Waals surface area contributed by atoms with E-state index in [0.29, 0.717) is 11.4 Å². The second-order valence-corrected chi connectivity index (χ2v) is 7.94. The summed E-state index contributed by atoms with van der Waals surface area (Å²) in [6.07, 6.45) is 1.66. The average Bonchev–Trinajstić information content (AvgIpc) is 2.83. The molecule has 1 heterocycles. The van der Waals surface area contributed by atoms with E-state index in [2.05, 4.69) is 22.3 Å². The predicted molar refractivity (Wildman–Crippen MR) is 123 cm³/mol. The second-order valence-electron chi connectivity index (χ2n) is 7.94. The Kier molecular flexibility index (Phi) is 7.02. The number of ether oxygens (including phenoxy) is 2. The third kappa shape index (κ3) is 5.65. The van der Waals surface area contributed by atoms with Crippen molar-refractivity contribution in [1.29, 1.82) is 0 Å². The molecular formula is C26H27FN2O3. The summed E-state index contributed by atoms with van der Waals surface area (Å²) in [4.78, 5) is 15.1. The summed E-state index contributed by atoms with van der Waals surface area (Å²) in [6.45, 7) is 2.65. The number of para-hydroxylation sites is 1. The van der Waals surface area contributed by atoms with Gasteiger partial charge in [0.1, 0.15) is 11.5 Å². The molecule has 0 saturated carbocycles. The summed E-state index contributed by atoms with van der Waals surface area (Å²) in [5.74, 6) is 1.16. The van der Waals surface area contributed by atoms with Gasteiger partial charge in [0.25, 0.3) is 0 Å². The highest BCUT2D eigenvalue weighted by Crippen LogP contribution is 2.26. The van der Waals surface area contributed by atoms with Gasteiger partial charge in [-0.2, -0.15) is 0 Å². The first-order valence-electron chi connectivity index (χ1n) is 10.8. The van der Waals surface area contributed by atoms with Crippen molar-refractivity contribution in [2.24, 2.45) is 5.92 Å². The van der Waals surface area contributed by atoms with Gasteiger partial charge in [0.15, 0.2) is 11.6 Å². The number of hydrogen-bond acceptors (Lipinski definition) is 4. The third-order valence-corrected chi connectivity index (χ3v) is 5.71. The fraction of sp³-hybridized carbons (Fsp3) is 0.269. The van der Waals surface area contributed by atoms with Crippen molar-refractivity contribution in [3.63, 3.8) is 0 Å². The zero-order valence-corrected chi connectivity index (χ0v) is 18.1. The van der Waals surface area contributed by atoms with Crippen molar-refractivity contribution in [2.45, 2.75) is 19.4 Å². The normalized spacial score (nSPS) is 14.7. The van der Waals surface area contributed by atoms with Crippen LogP contribution in [0.25, 0.3) is 0 Å². The van der Waals surface area contributed by atoms with Crippen molar-refractivity contribution >= 4 is 11.6 Å². The van der Waals surface area contributed by atoms with Crippen LogP contribution in [-0.2, 0) is 11.3 Å². The molecule has 0 aromatic heterocycles. The number of amides is 1. The van der Waals surface area contributed by atoms with E-state index in [1.807, 2.05) is 12.1 Å². The lowest BCUT2D eigenvalue weighted by Gasteiger charge is -2.31. The minimum Gasteiger partial charge on any atom is -0.497 e. The maximum absolute atomic E-state index is 13.7. The molecule has 1 aliphatic heterocycles. The average molecular weight is 435 g/mol. The lowest BCUT2D eigenvalue weighted by Crippen LogP contribution is -2.37. The zero-order chi connectivity index (χ0) is 22.3. The Morgan fingerprint density at radius 3 is 2.28 bits per heavy atom. The molecule has 0 unspecified atom stereocenters. The Bertz CT molecular complexity index is 1030. The zero-order valence-electron chi connectivity index (χ0n) is 18.1. The molecule has 0 atom stereocenters. The first-order chi connectivity index (χ1) is 15.6. The maximum Gasteiger partial charge on any atom is 0.227 e. The molecule has 32 heavy (non-hydrogen) atoms. The number of nitrogens with zero attached hydrogens (tertiary/aromatic N) is 1. The van der Waals surface area contributed by atoms with Crippen LogP contribution in [0.5, 0.6) is 17.2 Å². The summed E-state index contributed by atoms with van der Waals surface area (Å²) in [6, 6.07) is 21.4. The summed E-state index contributed by atoms with van der Waals surface area (Å²) >= 11 is 0. The van der Waals surface area contributed by atoms with Crippen molar-refractivity contribution in [2.75, 3.05) is 25.5 Å². The van der Waals surface area contributed by atoms with Crippen LogP contribution in [0.3, 0.4) is 0 Å². The number of methoxy groups -OCH3 is 1. The quantitative estimate of drug-likeness (QED) is 0.535. The van der Waals surface area contributed by atoms with Crippen LogP contribution in [-0.4, -0.2) is 31.0 Å². The van der Waals surface area contributed by atoms with E-state index in [9.17, 15) is 9.18 Å². The second kappa shape index (κ2) is 10.3. The fourth-order valence-electron chi connectivity index (χ4n) is 3.85. The Morgan fingerprint density at radius 2 is 1.62 bits per heavy atom. The number of anilines is 1. The maximum atomic E-state index is 13.7. The van der Waals surface area contributed by atoms with Gasteiger partial charge in [-0.25, -0.2) is 4.39 Å². The lowest BCUT2D eigenvalue weighted by molar-refractivity contribution is -0.121. The molecule has 3 aromatic rings. The molecule has 1 fully saturated rings. The Morgan fingerprint density at radius 1 is 0.969 bits per heavy atom. The number of benzene rings is 3. The number of piperidine rings is 1. The van der Waals surface area contributed by atoms with Gasteiger partial charge >= 0.3 is 0 Å². The van der Waals surface area contributed by atoms with E-state index in [0.717, 1.165) is 38.2 Å². The van der Waals surface area contributed by atoms with E-state index >= 15 is 0 Å². The molecule has 6 heteroatoms. The number of carbonyl (C=O) groups excluding carboxylic acids is 1. The van der Waals surface area contributed by atoms with E-state index in [4.69, 9.17) is 9.47 Å². The number of rotatable bonds is 7. The topological polar surface area (TPSA) is 50.8 Å². The molecule has 1 amide bonds. The number of likely N-dealkylation sites (tertiary alicyclic amines) is 1. The molecule has 4 rings (SSSR count). The van der Waals surface area contributed by atoms with Gasteiger partial charge in [-0.05, 0) is 80.0 Å². The van der Waals surface area contributed by atoms with E-state index in [1.165, 1.54) is 11.6 Å². The SMILES string of the molecule is COc1ccc(CN2CCC(C(=O)Nc3ccc(Oc4ccccc4F)cc3)CC2)cc1. The molecule has 166 valence electrons. The molecule has 3 aromatic carbocycles. The van der Waals surface area contributed by atoms with Gasteiger partial charge in [0.05, 0.1) is 7.11 Å². The summed E-state index contributed by atoms with van der Waals surface area (Å²) < 4.78 is 24.5. The van der Waals surface area contributed by atoms with Crippen molar-refractivity contribution in [3.05, 3.63) is 84.2 Å². The van der Waals surface area contributed by atoms with Crippen LogP contribution in [0.4, 0.5) is 10.1 Å². The number of nitrogens with one attached hydrogen (secondary N) is 1. The van der Waals surface area contributed by atoms with Gasteiger partial charge in [-0.15, -0.1) is 0 Å². The molecular weight excluding hydrogens is 407 g/mol. The number of carbonyl (C=O) groups is 1. The van der Waals surface area contributed by atoms with Crippen molar-refractivity contribution < 1.29 is 18.7 Å². The molecule has 1 aliphatic rings. The van der Waals surface area contributed by atoms with E-state index in [1.54, 1.807) is 49.6 Å². The summed E-state index contributed by atoms with van der Waals surface area (Å²) in [7, 11) is 1.67. The molecule has 0 radical (unpaired) electrons. The first-order valence-corrected chi connectivity index (χ1v) is 10.8. The highest BCUT2D eigenvalue weighted by molar-refractivity contribution is 5.92. The van der Waals surface area contributed by atoms with E-state index < -0.39 is 5.82 Å². The molecule has 0 bridgehead atoms. The minimum absolute atomic E-state index is 0.00328. The first kappa shape index (κ1) is 21.8.